The van der Waals surface area contributed by atoms with Gasteiger partial charge in [0.1, 0.15) is 5.15 Å². The smallest absolute Gasteiger partial charge is 0.491 e. The number of aromatic carboxylic acids is 2. The number of nitrogens with zero attached hydrogens (tertiary/aromatic N) is 2. The van der Waals surface area contributed by atoms with Gasteiger partial charge in [0.2, 0.25) is 0 Å². The maximum absolute atomic E-state index is 14.4. The molecule has 4 N–H and O–H groups in total. The number of pyridine rings is 2. The van der Waals surface area contributed by atoms with Gasteiger partial charge in [-0.2, -0.15) is 0 Å². The highest BCUT2D eigenvalue weighted by Gasteiger charge is 2.22. The van der Waals surface area contributed by atoms with Crippen LogP contribution in [0.15, 0.2) is 36.4 Å². The highest BCUT2D eigenvalue weighted by atomic mass is 35.5. The lowest BCUT2D eigenvalue weighted by Gasteiger charge is -2.11. The molecule has 0 spiro atoms. The van der Waals surface area contributed by atoms with Crippen molar-refractivity contribution in [3.63, 3.8) is 0 Å². The minimum Gasteiger partial charge on any atom is -0.492 e. The molecule has 2 aromatic carbocycles. The third-order valence-electron chi connectivity index (χ3n) is 5.29. The van der Waals surface area contributed by atoms with E-state index in [1.54, 1.807) is 0 Å². The Morgan fingerprint density at radius 1 is 0.696 bits per heavy atom. The van der Waals surface area contributed by atoms with E-state index in [1.165, 1.54) is 38.5 Å². The second kappa shape index (κ2) is 17.3. The van der Waals surface area contributed by atoms with Gasteiger partial charge in [-0.3, -0.25) is 0 Å². The summed E-state index contributed by atoms with van der Waals surface area (Å²) in [6.45, 7) is 0. The van der Waals surface area contributed by atoms with Crippen molar-refractivity contribution in [1.29, 1.82) is 0 Å². The monoisotopic (exact) mass is 778 g/mol. The molecule has 0 bridgehead atoms. The number of carbonyl (C=O) groups is 2. The first kappa shape index (κ1) is 39.3. The number of aromatic nitrogens is 2. The summed E-state index contributed by atoms with van der Waals surface area (Å²) in [4.78, 5) is 28.7. The molecule has 0 aliphatic rings. The lowest BCUT2D eigenvalue weighted by Crippen LogP contribution is -2.32. The highest BCUT2D eigenvalue weighted by Crippen LogP contribution is 2.39. The fourth-order valence-electron chi connectivity index (χ4n) is 3.20. The molecular weight excluding hydrogens is 765 g/mol. The molecule has 20 heteroatoms. The molecule has 0 fully saturated rings. The minimum atomic E-state index is -1.87. The van der Waals surface area contributed by atoms with Crippen molar-refractivity contribution in [2.24, 2.45) is 0 Å². The first-order valence-corrected chi connectivity index (χ1v) is 14.4. The van der Waals surface area contributed by atoms with Crippen LogP contribution in [0.3, 0.4) is 0 Å². The van der Waals surface area contributed by atoms with Gasteiger partial charge in [-0.05, 0) is 30.3 Å². The van der Waals surface area contributed by atoms with Gasteiger partial charge in [-0.25, -0.2) is 28.3 Å². The summed E-state index contributed by atoms with van der Waals surface area (Å²) in [6, 6.07) is 7.44. The molecule has 0 unspecified atom stereocenters. The van der Waals surface area contributed by atoms with E-state index in [1.807, 2.05) is 0 Å². The number of hydrogen-bond acceptors (Lipinski definition) is 8. The molecule has 244 valence electrons. The highest BCUT2D eigenvalue weighted by molar-refractivity contribution is 6.59. The van der Waals surface area contributed by atoms with Crippen LogP contribution < -0.4 is 14.9 Å². The van der Waals surface area contributed by atoms with Crippen molar-refractivity contribution in [2.45, 2.75) is 0 Å². The molecule has 46 heavy (non-hydrogen) atoms. The number of carboxylic acid groups (broad SMARTS) is 2. The molecule has 0 aliphatic carbocycles. The van der Waals surface area contributed by atoms with E-state index in [2.05, 4.69) is 14.7 Å². The summed E-state index contributed by atoms with van der Waals surface area (Å²) in [7, 11) is 0.632. The Balaban J connectivity index is 0.000000255. The van der Waals surface area contributed by atoms with Crippen LogP contribution in [0.4, 0.5) is 8.78 Å². The molecule has 4 rings (SSSR count). The molecule has 2 aromatic heterocycles. The van der Waals surface area contributed by atoms with Crippen molar-refractivity contribution < 1.29 is 48.1 Å². The van der Waals surface area contributed by atoms with Crippen molar-refractivity contribution >= 4 is 106 Å². The number of rotatable bonds is 6. The van der Waals surface area contributed by atoms with Gasteiger partial charge in [0.25, 0.3) is 0 Å². The molecule has 0 aliphatic heterocycles. The van der Waals surface area contributed by atoms with E-state index in [9.17, 15) is 18.4 Å². The van der Waals surface area contributed by atoms with Crippen molar-refractivity contribution in [3.8, 4) is 22.8 Å². The summed E-state index contributed by atoms with van der Waals surface area (Å²) in [5.41, 5.74) is -1.01. The summed E-state index contributed by atoms with van der Waals surface area (Å²) < 4.78 is 37.1. The van der Waals surface area contributed by atoms with Gasteiger partial charge in [0, 0.05) is 11.0 Å². The zero-order valence-corrected chi connectivity index (χ0v) is 28.1. The number of benzene rings is 2. The van der Waals surface area contributed by atoms with Gasteiger partial charge in [-0.1, -0.05) is 87.3 Å². The third-order valence-corrected chi connectivity index (χ3v) is 7.81. The molecule has 2 heterocycles. The average Bonchev–Trinajstić information content (AvgIpc) is 2.98. The van der Waals surface area contributed by atoms with Crippen LogP contribution in [-0.2, 0) is 0 Å². The van der Waals surface area contributed by atoms with Gasteiger partial charge in [0.05, 0.1) is 50.0 Å². The Morgan fingerprint density at radius 2 is 1.15 bits per heavy atom. The van der Waals surface area contributed by atoms with Crippen LogP contribution >= 0.6 is 81.2 Å². The number of carboxylic acids is 2. The van der Waals surface area contributed by atoms with E-state index in [0.29, 0.717) is 0 Å². The van der Waals surface area contributed by atoms with Gasteiger partial charge < -0.3 is 29.7 Å². The molecule has 0 radical (unpaired) electrons. The Kier molecular flexibility index (Phi) is 14.8. The fourth-order valence-corrected chi connectivity index (χ4v) is 4.57. The van der Waals surface area contributed by atoms with E-state index < -0.39 is 30.7 Å². The van der Waals surface area contributed by atoms with Crippen LogP contribution in [0.1, 0.15) is 21.0 Å². The molecule has 0 saturated heterocycles. The lowest BCUT2D eigenvalue weighted by molar-refractivity contribution is 0.0680. The van der Waals surface area contributed by atoms with Crippen LogP contribution in [0, 0.1) is 11.6 Å². The Labute approximate surface area is 294 Å². The lowest BCUT2D eigenvalue weighted by atomic mass is 9.80. The molecular formula is C26H16BCl7F2N2O8. The molecule has 4 aromatic rings. The summed E-state index contributed by atoms with van der Waals surface area (Å²) >= 11 is 39.8. The van der Waals surface area contributed by atoms with Crippen LogP contribution in [0.25, 0.3) is 11.3 Å². The summed E-state index contributed by atoms with van der Waals surface area (Å²) in [6.07, 6.45) is 0. The largest absolute Gasteiger partial charge is 0.492 e. The van der Waals surface area contributed by atoms with Gasteiger partial charge in [0.15, 0.2) is 34.5 Å². The first-order chi connectivity index (χ1) is 21.5. The predicted molar refractivity (Wildman–Crippen MR) is 172 cm³/mol. The first-order valence-electron chi connectivity index (χ1n) is 11.7. The predicted octanol–water partition coefficient (Wildman–Crippen LogP) is 7.46. The SMILES string of the molecule is COc1c(Cl)ccc(-c2nc(C(=O)O)cc(Cl)c2Cl)c1F.COc1c(Cl)ccc(B(O)O)c1F.O=C(O)c1cc(Cl)c(Cl)c(Cl)n1. The fraction of sp³-hybridized carbons (Fsp3) is 0.0769. The second-order valence-corrected chi connectivity index (χ2v) is 10.9. The maximum atomic E-state index is 14.4. The normalized spacial score (nSPS) is 10.2. The standard InChI is InChI=1S/C13H7Cl3FNO3.C7H7BClFO3.C6H2Cl3NO2/c1-21-12-6(14)3-2-5(10(12)17)11-9(16)7(15)4-8(18-11)13(19)20;1-13-7-5(9)3-2-4(6(7)10)8(11)12;7-2-1-3(6(11)12)10-5(9)4(2)8/h2-4H,1H3,(H,19,20);2-3,11-12H,1H3;1H,(H,11,12). The second-order valence-electron chi connectivity index (χ2n) is 8.16. The average molecular weight is 781 g/mol. The van der Waals surface area contributed by atoms with Gasteiger partial charge >= 0.3 is 19.1 Å². The topological polar surface area (TPSA) is 159 Å². The Bertz CT molecular complexity index is 1760. The number of ether oxygens (including phenoxy) is 2. The Morgan fingerprint density at radius 3 is 1.61 bits per heavy atom. The van der Waals surface area contributed by atoms with Crippen molar-refractivity contribution in [1.82, 2.24) is 9.97 Å². The van der Waals surface area contributed by atoms with Gasteiger partial charge in [-0.15, -0.1) is 0 Å². The number of halogens is 9. The minimum absolute atomic E-state index is 0.0487. The maximum Gasteiger partial charge on any atom is 0.491 e. The van der Waals surface area contributed by atoms with Crippen molar-refractivity contribution in [2.75, 3.05) is 14.2 Å². The number of hydrogen-bond donors (Lipinski definition) is 4. The molecule has 0 saturated carbocycles. The zero-order chi connectivity index (χ0) is 35.0. The number of methoxy groups -OCH3 is 2. The van der Waals surface area contributed by atoms with Crippen molar-refractivity contribution in [3.05, 3.63) is 94.7 Å². The molecule has 0 amide bonds. The van der Waals surface area contributed by atoms with E-state index in [0.717, 1.165) is 12.1 Å². The summed E-state index contributed by atoms with van der Waals surface area (Å²) in [5.74, 6) is -4.55. The quantitative estimate of drug-likeness (QED) is 0.114. The Hall–Kier alpha value is -2.85. The van der Waals surface area contributed by atoms with Crippen LogP contribution in [0.5, 0.6) is 11.5 Å². The summed E-state index contributed by atoms with van der Waals surface area (Å²) in [5, 5.41) is 35.0. The van der Waals surface area contributed by atoms with E-state index >= 15 is 0 Å². The van der Waals surface area contributed by atoms with Crippen LogP contribution in [0.2, 0.25) is 35.3 Å². The third kappa shape index (κ3) is 9.60. The van der Waals surface area contributed by atoms with E-state index in [4.69, 9.17) is 106 Å². The molecule has 10 nitrogen and oxygen atoms in total. The van der Waals surface area contributed by atoms with E-state index in [-0.39, 0.29) is 74.9 Å². The molecule has 0 atom stereocenters. The van der Waals surface area contributed by atoms with Crippen LogP contribution in [-0.4, -0.2) is 63.5 Å². The zero-order valence-electron chi connectivity index (χ0n) is 22.8.